The van der Waals surface area contributed by atoms with Gasteiger partial charge in [-0.25, -0.2) is 9.18 Å². The van der Waals surface area contributed by atoms with Crippen LogP contribution in [0.3, 0.4) is 0 Å². The molecule has 7 heteroatoms. The van der Waals surface area contributed by atoms with Gasteiger partial charge in [0.15, 0.2) is 0 Å². The van der Waals surface area contributed by atoms with Gasteiger partial charge in [-0.3, -0.25) is 13.9 Å². The summed E-state index contributed by atoms with van der Waals surface area (Å²) in [7, 11) is 1.42. The van der Waals surface area contributed by atoms with Gasteiger partial charge in [0.1, 0.15) is 11.6 Å². The van der Waals surface area contributed by atoms with Gasteiger partial charge in [0, 0.05) is 26.2 Å². The minimum absolute atomic E-state index is 0.0379. The molecule has 2 heterocycles. The molecule has 3 rings (SSSR count). The topological polar surface area (TPSA) is 71.0 Å². The third kappa shape index (κ3) is 3.80. The van der Waals surface area contributed by atoms with E-state index in [1.807, 2.05) is 6.07 Å². The molecule has 142 valence electrons. The fourth-order valence-electron chi connectivity index (χ4n) is 3.65. The molecule has 1 aliphatic rings. The summed E-state index contributed by atoms with van der Waals surface area (Å²) < 4.78 is 16.2. The van der Waals surface area contributed by atoms with Crippen LogP contribution in [0.15, 0.2) is 33.9 Å². The van der Waals surface area contributed by atoms with Gasteiger partial charge in [0.2, 0.25) is 0 Å². The van der Waals surface area contributed by atoms with Gasteiger partial charge in [0.25, 0.3) is 5.56 Å². The molecular weight excluding hydrogens is 347 g/mol. The first-order valence-electron chi connectivity index (χ1n) is 9.19. The Morgan fingerprint density at radius 3 is 2.78 bits per heavy atom. The van der Waals surface area contributed by atoms with E-state index in [0.717, 1.165) is 36.9 Å². The smallest absolute Gasteiger partial charge is 0.332 e. The van der Waals surface area contributed by atoms with Crippen LogP contribution < -0.4 is 16.1 Å². The zero-order valence-corrected chi connectivity index (χ0v) is 15.6. The van der Waals surface area contributed by atoms with E-state index in [-0.39, 0.29) is 12.1 Å². The number of anilines is 1. The molecule has 0 aliphatic carbocycles. The number of aromatic nitrogens is 2. The number of nitriles is 1. The summed E-state index contributed by atoms with van der Waals surface area (Å²) in [5.74, 6) is 0.581. The van der Waals surface area contributed by atoms with E-state index in [1.165, 1.54) is 35.9 Å². The number of hydrogen-bond donors (Lipinski definition) is 0. The van der Waals surface area contributed by atoms with Crippen molar-refractivity contribution in [3.05, 3.63) is 62.0 Å². The van der Waals surface area contributed by atoms with E-state index < -0.39 is 11.5 Å². The third-order valence-electron chi connectivity index (χ3n) is 5.31. The molecule has 1 unspecified atom stereocenters. The lowest BCUT2D eigenvalue weighted by Gasteiger charge is -2.35. The monoisotopic (exact) mass is 370 g/mol. The Morgan fingerprint density at radius 2 is 2.07 bits per heavy atom. The lowest BCUT2D eigenvalue weighted by atomic mass is 9.96. The Labute approximate surface area is 157 Å². The van der Waals surface area contributed by atoms with Crippen LogP contribution in [0.25, 0.3) is 0 Å². The average molecular weight is 370 g/mol. The number of piperidine rings is 1. The zero-order valence-electron chi connectivity index (χ0n) is 15.6. The van der Waals surface area contributed by atoms with Crippen LogP contribution in [0.2, 0.25) is 0 Å². The van der Waals surface area contributed by atoms with Gasteiger partial charge in [0.05, 0.1) is 18.2 Å². The second-order valence-corrected chi connectivity index (χ2v) is 7.04. The minimum atomic E-state index is -0.468. The van der Waals surface area contributed by atoms with Gasteiger partial charge in [-0.15, -0.1) is 0 Å². The van der Waals surface area contributed by atoms with E-state index in [2.05, 4.69) is 11.8 Å². The van der Waals surface area contributed by atoms with E-state index in [1.54, 1.807) is 0 Å². The Kier molecular flexibility index (Phi) is 5.45. The molecule has 2 aromatic rings. The summed E-state index contributed by atoms with van der Waals surface area (Å²) in [5.41, 5.74) is -0.106. The summed E-state index contributed by atoms with van der Waals surface area (Å²) in [6, 6.07) is 7.40. The van der Waals surface area contributed by atoms with Crippen LogP contribution in [0.5, 0.6) is 0 Å². The SMILES string of the molecule is CCC1CCCN(c2cc(=O)n(C)c(=O)n2Cc2cc(F)ccc2C#N)C1. The van der Waals surface area contributed by atoms with Gasteiger partial charge in [-0.05, 0) is 42.5 Å². The molecule has 1 fully saturated rings. The lowest BCUT2D eigenvalue weighted by molar-refractivity contribution is 0.398. The van der Waals surface area contributed by atoms with E-state index in [9.17, 15) is 19.2 Å². The molecule has 0 radical (unpaired) electrons. The summed E-state index contributed by atoms with van der Waals surface area (Å²) in [6.07, 6.45) is 3.16. The number of halogens is 1. The minimum Gasteiger partial charge on any atom is -0.357 e. The molecule has 1 aliphatic heterocycles. The number of benzene rings is 1. The maximum atomic E-state index is 13.7. The maximum Gasteiger partial charge on any atom is 0.332 e. The first-order chi connectivity index (χ1) is 12.9. The molecule has 6 nitrogen and oxygen atoms in total. The van der Waals surface area contributed by atoms with E-state index in [0.29, 0.717) is 22.9 Å². The Hall–Kier alpha value is -2.88. The Balaban J connectivity index is 2.11. The van der Waals surface area contributed by atoms with Gasteiger partial charge < -0.3 is 4.90 Å². The molecule has 0 amide bonds. The molecule has 0 N–H and O–H groups in total. The number of hydrogen-bond acceptors (Lipinski definition) is 4. The highest BCUT2D eigenvalue weighted by atomic mass is 19.1. The predicted octanol–water partition coefficient (Wildman–Crippen LogP) is 2.23. The molecule has 1 aromatic heterocycles. The first kappa shape index (κ1) is 18.9. The quantitative estimate of drug-likeness (QED) is 0.828. The van der Waals surface area contributed by atoms with Crippen molar-refractivity contribution in [2.75, 3.05) is 18.0 Å². The van der Waals surface area contributed by atoms with Crippen molar-refractivity contribution in [2.24, 2.45) is 13.0 Å². The highest BCUT2D eigenvalue weighted by Gasteiger charge is 2.23. The molecule has 0 spiro atoms. The lowest BCUT2D eigenvalue weighted by Crippen LogP contribution is -2.44. The maximum absolute atomic E-state index is 13.7. The summed E-state index contributed by atoms with van der Waals surface area (Å²) in [4.78, 5) is 27.1. The van der Waals surface area contributed by atoms with Crippen molar-refractivity contribution in [3.63, 3.8) is 0 Å². The second kappa shape index (κ2) is 7.78. The summed E-state index contributed by atoms with van der Waals surface area (Å²) in [5, 5.41) is 9.31. The molecule has 0 bridgehead atoms. The highest BCUT2D eigenvalue weighted by molar-refractivity contribution is 5.42. The van der Waals surface area contributed by atoms with E-state index in [4.69, 9.17) is 0 Å². The fourth-order valence-corrected chi connectivity index (χ4v) is 3.65. The second-order valence-electron chi connectivity index (χ2n) is 7.04. The largest absolute Gasteiger partial charge is 0.357 e. The molecule has 1 atom stereocenters. The van der Waals surface area contributed by atoms with Crippen molar-refractivity contribution >= 4 is 5.82 Å². The first-order valence-corrected chi connectivity index (χ1v) is 9.19. The normalized spacial score (nSPS) is 17.0. The average Bonchev–Trinajstić information content (AvgIpc) is 2.68. The van der Waals surface area contributed by atoms with Crippen LogP contribution in [0, 0.1) is 23.1 Å². The standard InChI is InChI=1S/C20H23FN4O2/c1-3-14-5-4-8-24(12-14)18-10-19(26)23(2)20(27)25(18)13-16-9-17(21)7-6-15(16)11-22/h6-7,9-10,14H,3-5,8,12-13H2,1-2H3. The number of rotatable bonds is 4. The van der Waals surface area contributed by atoms with Crippen LogP contribution in [-0.2, 0) is 13.6 Å². The Bertz CT molecular complexity index is 1000. The van der Waals surface area contributed by atoms with Gasteiger partial charge >= 0.3 is 5.69 Å². The van der Waals surface area contributed by atoms with Crippen LogP contribution in [0.1, 0.15) is 37.3 Å². The van der Waals surface area contributed by atoms with Crippen LogP contribution >= 0.6 is 0 Å². The van der Waals surface area contributed by atoms with Crippen molar-refractivity contribution in [1.29, 1.82) is 5.26 Å². The van der Waals surface area contributed by atoms with Crippen molar-refractivity contribution < 1.29 is 4.39 Å². The Morgan fingerprint density at radius 1 is 1.30 bits per heavy atom. The number of nitrogens with zero attached hydrogens (tertiary/aromatic N) is 4. The van der Waals surface area contributed by atoms with Crippen molar-refractivity contribution in [3.8, 4) is 6.07 Å². The zero-order chi connectivity index (χ0) is 19.6. The van der Waals surface area contributed by atoms with Gasteiger partial charge in [-0.2, -0.15) is 5.26 Å². The fraction of sp³-hybridized carbons (Fsp3) is 0.450. The molecule has 0 saturated carbocycles. The van der Waals surface area contributed by atoms with Crippen molar-refractivity contribution in [1.82, 2.24) is 9.13 Å². The van der Waals surface area contributed by atoms with E-state index >= 15 is 0 Å². The molecule has 27 heavy (non-hydrogen) atoms. The van der Waals surface area contributed by atoms with Crippen LogP contribution in [-0.4, -0.2) is 22.2 Å². The third-order valence-corrected chi connectivity index (χ3v) is 5.31. The molecule has 1 aromatic carbocycles. The van der Waals surface area contributed by atoms with Crippen LogP contribution in [0.4, 0.5) is 10.2 Å². The highest BCUT2D eigenvalue weighted by Crippen LogP contribution is 2.24. The van der Waals surface area contributed by atoms with Crippen molar-refractivity contribution in [2.45, 2.75) is 32.7 Å². The molecular formula is C20H23FN4O2. The van der Waals surface area contributed by atoms with Gasteiger partial charge in [-0.1, -0.05) is 13.3 Å². The predicted molar refractivity (Wildman–Crippen MR) is 101 cm³/mol. The summed E-state index contributed by atoms with van der Waals surface area (Å²) >= 11 is 0. The molecule has 1 saturated heterocycles. The summed E-state index contributed by atoms with van der Waals surface area (Å²) in [6.45, 7) is 3.71.